The smallest absolute Gasteiger partial charge is 0.238 e. The van der Waals surface area contributed by atoms with E-state index in [1.54, 1.807) is 4.90 Å². The highest BCUT2D eigenvalue weighted by molar-refractivity contribution is 8.15. The molecule has 0 aromatic heterocycles. The van der Waals surface area contributed by atoms with Crippen molar-refractivity contribution in [3.63, 3.8) is 0 Å². The van der Waals surface area contributed by atoms with E-state index in [-0.39, 0.29) is 18.2 Å². The number of aliphatic imine (C=N–C) groups is 1. The number of amides is 2. The lowest BCUT2D eigenvalue weighted by molar-refractivity contribution is -0.129. The topological polar surface area (TPSA) is 71.0 Å². The van der Waals surface area contributed by atoms with Crippen LogP contribution in [0.25, 0.3) is 0 Å². The Labute approximate surface area is 178 Å². The Kier molecular flexibility index (Phi) is 10.0. The van der Waals surface area contributed by atoms with Gasteiger partial charge in [-0.2, -0.15) is 0 Å². The van der Waals surface area contributed by atoms with E-state index >= 15 is 0 Å². The van der Waals surface area contributed by atoms with Gasteiger partial charge in [0.25, 0.3) is 0 Å². The third-order valence-corrected chi connectivity index (χ3v) is 5.75. The number of carbonyl (C=O) groups is 2. The molecular formula is C22H33N3O3S. The van der Waals surface area contributed by atoms with Gasteiger partial charge in [-0.15, -0.1) is 0 Å². The number of rotatable bonds is 11. The molecule has 2 rings (SSSR count). The second-order valence-corrected chi connectivity index (χ2v) is 8.26. The fourth-order valence-corrected chi connectivity index (χ4v) is 3.96. The van der Waals surface area contributed by atoms with Crippen molar-refractivity contribution in [2.24, 2.45) is 4.99 Å². The summed E-state index contributed by atoms with van der Waals surface area (Å²) in [7, 11) is 0. The summed E-state index contributed by atoms with van der Waals surface area (Å²) in [5.74, 6) is 0.601. The summed E-state index contributed by atoms with van der Waals surface area (Å²) >= 11 is 1.40. The molecule has 1 saturated heterocycles. The molecule has 1 heterocycles. The number of hydrogen-bond donors (Lipinski definition) is 1. The minimum absolute atomic E-state index is 0.0177. The summed E-state index contributed by atoms with van der Waals surface area (Å²) < 4.78 is 5.57. The van der Waals surface area contributed by atoms with Gasteiger partial charge in [0.1, 0.15) is 11.0 Å². The van der Waals surface area contributed by atoms with Gasteiger partial charge in [0.2, 0.25) is 11.8 Å². The number of benzene rings is 1. The molecule has 0 radical (unpaired) electrons. The Bertz CT molecular complexity index is 691. The van der Waals surface area contributed by atoms with Crippen LogP contribution in [0.4, 0.5) is 5.69 Å². The fourth-order valence-electron chi connectivity index (χ4n) is 2.82. The molecule has 1 aromatic rings. The quantitative estimate of drug-likeness (QED) is 0.528. The molecule has 7 heteroatoms. The number of carbonyl (C=O) groups excluding carboxylic acids is 2. The lowest BCUT2D eigenvalue weighted by Crippen LogP contribution is -2.45. The van der Waals surface area contributed by atoms with Crippen LogP contribution in [0.2, 0.25) is 0 Å². The van der Waals surface area contributed by atoms with Gasteiger partial charge in [-0.25, -0.2) is 0 Å². The molecule has 1 unspecified atom stereocenters. The predicted octanol–water partition coefficient (Wildman–Crippen LogP) is 4.70. The lowest BCUT2D eigenvalue weighted by Gasteiger charge is -2.31. The Hall–Kier alpha value is -2.02. The first-order chi connectivity index (χ1) is 14.1. The fraction of sp³-hybridized carbons (Fsp3) is 0.591. The van der Waals surface area contributed by atoms with Gasteiger partial charge in [-0.1, -0.05) is 45.4 Å². The second-order valence-electron chi connectivity index (χ2n) is 7.09. The minimum atomic E-state index is -0.461. The van der Waals surface area contributed by atoms with Crippen molar-refractivity contribution in [1.82, 2.24) is 4.90 Å². The molecule has 0 saturated carbocycles. The molecule has 0 spiro atoms. The van der Waals surface area contributed by atoms with Crippen LogP contribution in [-0.4, -0.2) is 46.8 Å². The third kappa shape index (κ3) is 7.38. The second kappa shape index (κ2) is 12.5. The number of ether oxygens (including phenoxy) is 1. The van der Waals surface area contributed by atoms with Crippen molar-refractivity contribution in [3.8, 4) is 5.75 Å². The van der Waals surface area contributed by atoms with Crippen LogP contribution in [0.15, 0.2) is 29.3 Å². The monoisotopic (exact) mass is 419 g/mol. The first-order valence-corrected chi connectivity index (χ1v) is 11.5. The summed E-state index contributed by atoms with van der Waals surface area (Å²) in [5, 5.41) is 3.15. The zero-order chi connectivity index (χ0) is 21.1. The summed E-state index contributed by atoms with van der Waals surface area (Å²) in [6, 6.07) is 7.33. The number of anilines is 1. The minimum Gasteiger partial charge on any atom is -0.494 e. The first kappa shape index (κ1) is 23.3. The van der Waals surface area contributed by atoms with E-state index in [1.165, 1.54) is 11.8 Å². The maximum atomic E-state index is 12.8. The van der Waals surface area contributed by atoms with Crippen LogP contribution in [0, 0.1) is 0 Å². The highest BCUT2D eigenvalue weighted by Crippen LogP contribution is 2.28. The maximum Gasteiger partial charge on any atom is 0.238 e. The zero-order valence-corrected chi connectivity index (χ0v) is 18.6. The van der Waals surface area contributed by atoms with E-state index in [1.807, 2.05) is 24.3 Å². The van der Waals surface area contributed by atoms with Crippen LogP contribution < -0.4 is 10.1 Å². The Morgan fingerprint density at radius 3 is 2.55 bits per heavy atom. The van der Waals surface area contributed by atoms with E-state index in [0.29, 0.717) is 30.6 Å². The highest BCUT2D eigenvalue weighted by Gasteiger charge is 2.35. The van der Waals surface area contributed by atoms with Gasteiger partial charge >= 0.3 is 0 Å². The molecule has 1 aliphatic heterocycles. The van der Waals surface area contributed by atoms with E-state index in [0.717, 1.165) is 37.9 Å². The van der Waals surface area contributed by atoms with Crippen LogP contribution in [-0.2, 0) is 9.59 Å². The van der Waals surface area contributed by atoms with Crippen molar-refractivity contribution >= 4 is 34.4 Å². The Morgan fingerprint density at radius 2 is 1.90 bits per heavy atom. The van der Waals surface area contributed by atoms with E-state index in [4.69, 9.17) is 4.74 Å². The molecule has 1 atom stereocenters. The molecule has 29 heavy (non-hydrogen) atoms. The van der Waals surface area contributed by atoms with Crippen molar-refractivity contribution in [1.29, 1.82) is 0 Å². The van der Waals surface area contributed by atoms with Gasteiger partial charge < -0.3 is 10.1 Å². The molecule has 0 bridgehead atoms. The number of amidine groups is 1. The highest BCUT2D eigenvalue weighted by atomic mass is 32.2. The normalized spacial score (nSPS) is 18.2. The van der Waals surface area contributed by atoms with Crippen molar-refractivity contribution < 1.29 is 14.3 Å². The van der Waals surface area contributed by atoms with Crippen LogP contribution >= 0.6 is 11.8 Å². The molecular weight excluding hydrogens is 386 g/mol. The largest absolute Gasteiger partial charge is 0.494 e. The van der Waals surface area contributed by atoms with Crippen LogP contribution in [0.5, 0.6) is 5.75 Å². The lowest BCUT2D eigenvalue weighted by atomic mass is 10.2. The summed E-state index contributed by atoms with van der Waals surface area (Å²) in [6.07, 6.45) is 5.12. The standard InChI is InChI=1S/C22H33N3O3S/c1-4-7-13-23-22-25(14-8-5-2)20(26)16-19(29-22)21(27)24-17-9-11-18(12-10-17)28-15-6-3/h9-12,19H,4-8,13-16H2,1-3H3,(H,24,27). The summed E-state index contributed by atoms with van der Waals surface area (Å²) in [5.41, 5.74) is 0.699. The number of hydrogen-bond acceptors (Lipinski definition) is 5. The molecule has 1 aromatic carbocycles. The predicted molar refractivity (Wildman–Crippen MR) is 121 cm³/mol. The van der Waals surface area contributed by atoms with Gasteiger partial charge in [-0.3, -0.25) is 19.5 Å². The Balaban J connectivity index is 2.02. The Morgan fingerprint density at radius 1 is 1.17 bits per heavy atom. The SMILES string of the molecule is CCCCN=C1SC(C(=O)Nc2ccc(OCCC)cc2)CC(=O)N1CCCC. The third-order valence-electron chi connectivity index (χ3n) is 4.52. The average Bonchev–Trinajstić information content (AvgIpc) is 2.72. The summed E-state index contributed by atoms with van der Waals surface area (Å²) in [6.45, 7) is 8.29. The molecule has 0 aliphatic carbocycles. The molecule has 6 nitrogen and oxygen atoms in total. The van der Waals surface area contributed by atoms with Crippen molar-refractivity contribution in [2.75, 3.05) is 25.0 Å². The van der Waals surface area contributed by atoms with Crippen molar-refractivity contribution in [3.05, 3.63) is 24.3 Å². The van der Waals surface area contributed by atoms with Gasteiger partial charge in [0, 0.05) is 25.2 Å². The van der Waals surface area contributed by atoms with E-state index < -0.39 is 5.25 Å². The molecule has 1 aliphatic rings. The number of thioether (sulfide) groups is 1. The van der Waals surface area contributed by atoms with Gasteiger partial charge in [0.05, 0.1) is 6.61 Å². The van der Waals surface area contributed by atoms with Crippen molar-refractivity contribution in [2.45, 2.75) is 64.5 Å². The number of unbranched alkanes of at least 4 members (excludes halogenated alkanes) is 2. The van der Waals surface area contributed by atoms with E-state index in [9.17, 15) is 9.59 Å². The molecule has 2 amide bonds. The van der Waals surface area contributed by atoms with Gasteiger partial charge in [-0.05, 0) is 43.5 Å². The van der Waals surface area contributed by atoms with Crippen LogP contribution in [0.3, 0.4) is 0 Å². The number of nitrogens with zero attached hydrogens (tertiary/aromatic N) is 2. The van der Waals surface area contributed by atoms with E-state index in [2.05, 4.69) is 31.1 Å². The van der Waals surface area contributed by atoms with Crippen LogP contribution in [0.1, 0.15) is 59.3 Å². The zero-order valence-electron chi connectivity index (χ0n) is 17.8. The molecule has 1 N–H and O–H groups in total. The number of nitrogens with one attached hydrogen (secondary N) is 1. The summed E-state index contributed by atoms with van der Waals surface area (Å²) in [4.78, 5) is 31.9. The average molecular weight is 420 g/mol. The first-order valence-electron chi connectivity index (χ1n) is 10.6. The van der Waals surface area contributed by atoms with Gasteiger partial charge in [0.15, 0.2) is 5.17 Å². The molecule has 1 fully saturated rings. The maximum absolute atomic E-state index is 12.8. The molecule has 160 valence electrons.